The van der Waals surface area contributed by atoms with Crippen LogP contribution in [0, 0.1) is 0 Å². The lowest BCUT2D eigenvalue weighted by atomic mass is 10.2. The van der Waals surface area contributed by atoms with E-state index in [-0.39, 0.29) is 11.9 Å². The van der Waals surface area contributed by atoms with Gasteiger partial charge in [0.1, 0.15) is 5.01 Å². The number of hydrogen-bond acceptors (Lipinski definition) is 6. The summed E-state index contributed by atoms with van der Waals surface area (Å²) in [7, 11) is 0. The number of nitrogens with one attached hydrogen (secondary N) is 2. The summed E-state index contributed by atoms with van der Waals surface area (Å²) in [6, 6.07) is -0.0931. The lowest BCUT2D eigenvalue weighted by Crippen LogP contribution is -2.39. The summed E-state index contributed by atoms with van der Waals surface area (Å²) in [6.07, 6.45) is 1.90. The minimum atomic E-state index is -0.422. The molecular weight excluding hydrogens is 266 g/mol. The van der Waals surface area contributed by atoms with Gasteiger partial charge in [0.15, 0.2) is 5.69 Å². The maximum atomic E-state index is 11.8. The van der Waals surface area contributed by atoms with E-state index in [4.69, 9.17) is 4.74 Å². The van der Waals surface area contributed by atoms with E-state index in [2.05, 4.69) is 15.6 Å². The van der Waals surface area contributed by atoms with Gasteiger partial charge in [-0.3, -0.25) is 4.79 Å². The normalized spacial score (nSPS) is 18.3. The number of hydrogen-bond donors (Lipinski definition) is 2. The molecule has 1 aromatic rings. The largest absolute Gasteiger partial charge is 0.461 e. The van der Waals surface area contributed by atoms with Crippen LogP contribution in [0.3, 0.4) is 0 Å². The molecule has 104 valence electrons. The Morgan fingerprint density at radius 1 is 1.63 bits per heavy atom. The molecule has 19 heavy (non-hydrogen) atoms. The van der Waals surface area contributed by atoms with E-state index in [1.54, 1.807) is 12.3 Å². The van der Waals surface area contributed by atoms with Crippen LogP contribution < -0.4 is 10.6 Å². The van der Waals surface area contributed by atoms with Gasteiger partial charge in [-0.05, 0) is 26.3 Å². The van der Waals surface area contributed by atoms with Gasteiger partial charge < -0.3 is 15.4 Å². The highest BCUT2D eigenvalue weighted by atomic mass is 32.1. The average molecular weight is 283 g/mol. The smallest absolute Gasteiger partial charge is 0.357 e. The van der Waals surface area contributed by atoms with E-state index in [1.807, 2.05) is 0 Å². The predicted molar refractivity (Wildman–Crippen MR) is 70.9 cm³/mol. The fourth-order valence-electron chi connectivity index (χ4n) is 1.89. The minimum Gasteiger partial charge on any atom is -0.461 e. The number of amides is 1. The Bertz CT molecular complexity index is 455. The van der Waals surface area contributed by atoms with E-state index < -0.39 is 5.97 Å². The van der Waals surface area contributed by atoms with Crippen molar-refractivity contribution in [2.75, 3.05) is 13.2 Å². The molecule has 1 amide bonds. The van der Waals surface area contributed by atoms with Crippen molar-refractivity contribution in [1.82, 2.24) is 15.6 Å². The highest BCUT2D eigenvalue weighted by Gasteiger charge is 2.21. The second kappa shape index (κ2) is 6.63. The third-order valence-electron chi connectivity index (χ3n) is 2.83. The first kappa shape index (κ1) is 14.0. The second-order valence-corrected chi connectivity index (χ2v) is 5.16. The monoisotopic (exact) mass is 283 g/mol. The van der Waals surface area contributed by atoms with Crippen molar-refractivity contribution in [2.24, 2.45) is 0 Å². The summed E-state index contributed by atoms with van der Waals surface area (Å²) in [5.74, 6) is -0.431. The molecule has 0 unspecified atom stereocenters. The van der Waals surface area contributed by atoms with Crippen LogP contribution in [-0.4, -0.2) is 36.1 Å². The number of carbonyl (C=O) groups excluding carboxylic acids is 2. The third kappa shape index (κ3) is 3.74. The Hall–Kier alpha value is -1.47. The van der Waals surface area contributed by atoms with Crippen LogP contribution in [0.4, 0.5) is 0 Å². The Kier molecular flexibility index (Phi) is 4.86. The summed E-state index contributed by atoms with van der Waals surface area (Å²) in [5, 5.41) is 8.30. The molecule has 0 saturated carbocycles. The van der Waals surface area contributed by atoms with Gasteiger partial charge in [0.05, 0.1) is 19.2 Å². The van der Waals surface area contributed by atoms with Crippen LogP contribution in [0.2, 0.25) is 0 Å². The first-order valence-electron chi connectivity index (χ1n) is 6.33. The van der Waals surface area contributed by atoms with Gasteiger partial charge in [-0.1, -0.05) is 0 Å². The highest BCUT2D eigenvalue weighted by molar-refractivity contribution is 7.09. The fraction of sp³-hybridized carbons (Fsp3) is 0.583. The third-order valence-corrected chi connectivity index (χ3v) is 3.68. The first-order chi connectivity index (χ1) is 9.20. The van der Waals surface area contributed by atoms with Crippen LogP contribution in [0.5, 0.6) is 0 Å². The maximum Gasteiger partial charge on any atom is 0.357 e. The van der Waals surface area contributed by atoms with E-state index >= 15 is 0 Å². The molecule has 0 bridgehead atoms. The predicted octanol–water partition coefficient (Wildman–Crippen LogP) is 0.688. The van der Waals surface area contributed by atoms with E-state index in [0.717, 1.165) is 19.4 Å². The second-order valence-electron chi connectivity index (χ2n) is 4.21. The van der Waals surface area contributed by atoms with Crippen molar-refractivity contribution < 1.29 is 14.3 Å². The molecule has 2 heterocycles. The van der Waals surface area contributed by atoms with E-state index in [9.17, 15) is 9.59 Å². The molecule has 1 aliphatic rings. The lowest BCUT2D eigenvalue weighted by molar-refractivity contribution is -0.122. The summed E-state index contributed by atoms with van der Waals surface area (Å²) >= 11 is 1.34. The average Bonchev–Trinajstić information content (AvgIpc) is 3.07. The Morgan fingerprint density at radius 3 is 3.16 bits per heavy atom. The summed E-state index contributed by atoms with van der Waals surface area (Å²) in [4.78, 5) is 27.3. The molecule has 1 fully saturated rings. The standard InChI is InChI=1S/C12H17N3O3S/c1-2-18-12(17)9-7-19-10(15-9)6-14-11(16)8-4-3-5-13-8/h7-8,13H,2-6H2,1H3,(H,14,16)/t8-/m0/s1. The van der Waals surface area contributed by atoms with E-state index in [1.165, 1.54) is 11.3 Å². The summed E-state index contributed by atoms with van der Waals surface area (Å²) in [6.45, 7) is 3.32. The molecule has 2 rings (SSSR count). The number of aromatic nitrogens is 1. The Morgan fingerprint density at radius 2 is 2.47 bits per heavy atom. The topological polar surface area (TPSA) is 80.3 Å². The quantitative estimate of drug-likeness (QED) is 0.777. The van der Waals surface area contributed by atoms with Crippen molar-refractivity contribution in [1.29, 1.82) is 0 Å². The summed E-state index contributed by atoms with van der Waals surface area (Å²) in [5.41, 5.74) is 0.301. The lowest BCUT2D eigenvalue weighted by Gasteiger charge is -2.09. The van der Waals surface area contributed by atoms with Crippen LogP contribution in [0.25, 0.3) is 0 Å². The van der Waals surface area contributed by atoms with Crippen molar-refractivity contribution in [3.05, 3.63) is 16.1 Å². The molecule has 7 heteroatoms. The van der Waals surface area contributed by atoms with Crippen molar-refractivity contribution >= 4 is 23.2 Å². The number of thiazole rings is 1. The Balaban J connectivity index is 1.82. The molecule has 1 aromatic heterocycles. The van der Waals surface area contributed by atoms with Crippen LogP contribution in [-0.2, 0) is 16.1 Å². The van der Waals surface area contributed by atoms with Gasteiger partial charge in [0.25, 0.3) is 0 Å². The van der Waals surface area contributed by atoms with Crippen LogP contribution in [0.1, 0.15) is 35.3 Å². The van der Waals surface area contributed by atoms with Crippen LogP contribution >= 0.6 is 11.3 Å². The molecule has 1 saturated heterocycles. The SMILES string of the molecule is CCOC(=O)c1csc(CNC(=O)[C@@H]2CCCN2)n1. The number of carbonyl (C=O) groups is 2. The molecule has 0 radical (unpaired) electrons. The van der Waals surface area contributed by atoms with Crippen molar-refractivity contribution in [3.8, 4) is 0 Å². The minimum absolute atomic E-state index is 0.00890. The van der Waals surface area contributed by atoms with Gasteiger partial charge in [0.2, 0.25) is 5.91 Å². The number of rotatable bonds is 5. The van der Waals surface area contributed by atoms with Gasteiger partial charge >= 0.3 is 5.97 Å². The number of nitrogens with zero attached hydrogens (tertiary/aromatic N) is 1. The van der Waals surface area contributed by atoms with Crippen molar-refractivity contribution in [3.63, 3.8) is 0 Å². The van der Waals surface area contributed by atoms with Gasteiger partial charge in [-0.25, -0.2) is 9.78 Å². The van der Waals surface area contributed by atoms with Gasteiger partial charge in [-0.15, -0.1) is 11.3 Å². The number of ether oxygens (including phenoxy) is 1. The fourth-order valence-corrected chi connectivity index (χ4v) is 2.59. The molecule has 1 atom stereocenters. The Labute approximate surface area is 115 Å². The molecular formula is C12H17N3O3S. The van der Waals surface area contributed by atoms with Gasteiger partial charge in [-0.2, -0.15) is 0 Å². The zero-order chi connectivity index (χ0) is 13.7. The van der Waals surface area contributed by atoms with Crippen molar-refractivity contribution in [2.45, 2.75) is 32.4 Å². The molecule has 0 spiro atoms. The molecule has 0 aromatic carbocycles. The first-order valence-corrected chi connectivity index (χ1v) is 7.21. The zero-order valence-electron chi connectivity index (χ0n) is 10.8. The zero-order valence-corrected chi connectivity index (χ0v) is 11.6. The van der Waals surface area contributed by atoms with E-state index in [0.29, 0.717) is 23.9 Å². The van der Waals surface area contributed by atoms with Gasteiger partial charge in [0, 0.05) is 5.38 Å². The maximum absolute atomic E-state index is 11.8. The molecule has 1 aliphatic heterocycles. The van der Waals surface area contributed by atoms with Crippen LogP contribution in [0.15, 0.2) is 5.38 Å². The number of esters is 1. The highest BCUT2D eigenvalue weighted by Crippen LogP contribution is 2.11. The molecule has 0 aliphatic carbocycles. The molecule has 2 N–H and O–H groups in total. The summed E-state index contributed by atoms with van der Waals surface area (Å²) < 4.78 is 4.86. The molecule has 6 nitrogen and oxygen atoms in total.